The number of aromatic nitrogens is 1. The minimum absolute atomic E-state index is 0.309. The number of Topliss-reactive ketones (excluding diaryl/α,β-unsaturated/α-hetero) is 1. The quantitative estimate of drug-likeness (QED) is 0.481. The largest absolute Gasteiger partial charge is 0.486 e. The van der Waals surface area contributed by atoms with Crippen LogP contribution in [0.15, 0.2) is 48.5 Å². The molecule has 0 N–H and O–H groups in total. The minimum Gasteiger partial charge on any atom is -0.486 e. The molecule has 0 saturated carbocycles. The first-order valence-electron chi connectivity index (χ1n) is 8.74. The Hall–Kier alpha value is -3.19. The second-order valence-electron chi connectivity index (χ2n) is 6.16. The zero-order valence-electron chi connectivity index (χ0n) is 15.1. The van der Waals surface area contributed by atoms with Gasteiger partial charge in [-0.15, -0.1) is 11.3 Å². The first-order valence-corrected chi connectivity index (χ1v) is 9.56. The van der Waals surface area contributed by atoms with Gasteiger partial charge in [-0.25, -0.2) is 9.78 Å². The van der Waals surface area contributed by atoms with Crippen LogP contribution in [0.1, 0.15) is 25.7 Å². The van der Waals surface area contributed by atoms with Gasteiger partial charge in [0.05, 0.1) is 5.69 Å². The zero-order chi connectivity index (χ0) is 19.5. The number of ketones is 1. The number of esters is 1. The van der Waals surface area contributed by atoms with Gasteiger partial charge in [-0.3, -0.25) is 4.79 Å². The highest BCUT2D eigenvalue weighted by Gasteiger charge is 2.20. The molecule has 1 aromatic heterocycles. The summed E-state index contributed by atoms with van der Waals surface area (Å²) < 4.78 is 16.1. The number of aryl methyl sites for hydroxylation is 1. The lowest BCUT2D eigenvalue weighted by Gasteiger charge is -2.18. The number of fused-ring (bicyclic) bond motifs is 1. The van der Waals surface area contributed by atoms with Crippen molar-refractivity contribution in [1.29, 1.82) is 0 Å². The van der Waals surface area contributed by atoms with Crippen molar-refractivity contribution in [2.75, 3.05) is 19.8 Å². The Balaban J connectivity index is 1.43. The van der Waals surface area contributed by atoms with E-state index in [0.717, 1.165) is 10.6 Å². The van der Waals surface area contributed by atoms with Crippen LogP contribution in [0.25, 0.3) is 10.6 Å². The molecule has 28 heavy (non-hydrogen) atoms. The lowest BCUT2D eigenvalue weighted by Crippen LogP contribution is -2.17. The molecule has 2 aromatic carbocycles. The number of carbonyl (C=O) groups excluding carboxylic acids is 2. The summed E-state index contributed by atoms with van der Waals surface area (Å²) in [6, 6.07) is 14.5. The summed E-state index contributed by atoms with van der Waals surface area (Å²) in [5.74, 6) is 0.265. The summed E-state index contributed by atoms with van der Waals surface area (Å²) in [4.78, 5) is 29.7. The smallest absolute Gasteiger partial charge is 0.350 e. The molecule has 0 radical (unpaired) electrons. The maximum Gasteiger partial charge on any atom is 0.350 e. The van der Waals surface area contributed by atoms with Gasteiger partial charge in [0.2, 0.25) is 0 Å². The van der Waals surface area contributed by atoms with Crippen molar-refractivity contribution in [3.8, 4) is 22.1 Å². The van der Waals surface area contributed by atoms with E-state index in [-0.39, 0.29) is 12.4 Å². The van der Waals surface area contributed by atoms with Gasteiger partial charge in [0, 0.05) is 11.1 Å². The van der Waals surface area contributed by atoms with Crippen molar-refractivity contribution in [2.24, 2.45) is 0 Å². The molecule has 2 heterocycles. The number of nitrogens with zero attached hydrogens (tertiary/aromatic N) is 1. The topological polar surface area (TPSA) is 74.7 Å². The first-order chi connectivity index (χ1) is 13.6. The SMILES string of the molecule is Cc1nc(-c2ccccc2)sc1C(=O)OCC(=O)c1ccc2c(c1)OCCO2. The highest BCUT2D eigenvalue weighted by molar-refractivity contribution is 7.17. The number of benzene rings is 2. The van der Waals surface area contributed by atoms with Crippen LogP contribution in [-0.4, -0.2) is 36.6 Å². The maximum atomic E-state index is 12.4. The van der Waals surface area contributed by atoms with Crippen LogP contribution in [-0.2, 0) is 4.74 Å². The number of ether oxygens (including phenoxy) is 3. The number of rotatable bonds is 5. The molecule has 6 nitrogen and oxygen atoms in total. The Morgan fingerprint density at radius 2 is 1.82 bits per heavy atom. The fourth-order valence-corrected chi connectivity index (χ4v) is 3.75. The minimum atomic E-state index is -0.553. The van der Waals surface area contributed by atoms with Crippen LogP contribution in [0.3, 0.4) is 0 Å². The van der Waals surface area contributed by atoms with Crippen molar-refractivity contribution in [2.45, 2.75) is 6.92 Å². The second kappa shape index (κ2) is 7.82. The van der Waals surface area contributed by atoms with Gasteiger partial charge < -0.3 is 14.2 Å². The fraction of sp³-hybridized carbons (Fsp3) is 0.190. The summed E-state index contributed by atoms with van der Waals surface area (Å²) in [6.45, 7) is 2.32. The van der Waals surface area contributed by atoms with Gasteiger partial charge in [-0.2, -0.15) is 0 Å². The highest BCUT2D eigenvalue weighted by atomic mass is 32.1. The lowest BCUT2D eigenvalue weighted by atomic mass is 10.1. The maximum absolute atomic E-state index is 12.4. The van der Waals surface area contributed by atoms with Gasteiger partial charge in [0.25, 0.3) is 0 Å². The molecule has 0 fully saturated rings. The summed E-state index contributed by atoms with van der Waals surface area (Å²) in [6.07, 6.45) is 0. The fourth-order valence-electron chi connectivity index (χ4n) is 2.79. The van der Waals surface area contributed by atoms with E-state index in [0.29, 0.717) is 40.8 Å². The van der Waals surface area contributed by atoms with Gasteiger partial charge in [-0.05, 0) is 25.1 Å². The van der Waals surface area contributed by atoms with Crippen molar-refractivity contribution in [1.82, 2.24) is 4.98 Å². The molecule has 0 unspecified atom stereocenters. The van der Waals surface area contributed by atoms with Crippen molar-refractivity contribution in [3.63, 3.8) is 0 Å². The van der Waals surface area contributed by atoms with E-state index in [4.69, 9.17) is 14.2 Å². The summed E-state index contributed by atoms with van der Waals surface area (Å²) in [5.41, 5.74) is 1.92. The highest BCUT2D eigenvalue weighted by Crippen LogP contribution is 2.31. The molecule has 0 atom stereocenters. The monoisotopic (exact) mass is 395 g/mol. The van der Waals surface area contributed by atoms with E-state index in [2.05, 4.69) is 4.98 Å². The lowest BCUT2D eigenvalue weighted by molar-refractivity contribution is 0.0478. The molecule has 3 aromatic rings. The predicted molar refractivity (Wildman–Crippen MR) is 104 cm³/mol. The second-order valence-corrected chi connectivity index (χ2v) is 7.16. The molecule has 142 valence electrons. The van der Waals surface area contributed by atoms with Gasteiger partial charge in [0.1, 0.15) is 23.1 Å². The van der Waals surface area contributed by atoms with Crippen molar-refractivity contribution in [3.05, 3.63) is 64.7 Å². The van der Waals surface area contributed by atoms with Gasteiger partial charge >= 0.3 is 5.97 Å². The van der Waals surface area contributed by atoms with E-state index in [1.165, 1.54) is 11.3 Å². The molecular formula is C21H17NO5S. The number of hydrogen-bond donors (Lipinski definition) is 0. The molecule has 4 rings (SSSR count). The number of hydrogen-bond acceptors (Lipinski definition) is 7. The Labute approximate surface area is 165 Å². The van der Waals surface area contributed by atoms with Crippen LogP contribution >= 0.6 is 11.3 Å². The molecule has 0 bridgehead atoms. The van der Waals surface area contributed by atoms with Crippen LogP contribution in [0, 0.1) is 6.92 Å². The standard InChI is InChI=1S/C21H17NO5S/c1-13-19(28-20(22-13)14-5-3-2-4-6-14)21(24)27-12-16(23)15-7-8-17-18(11-15)26-10-9-25-17/h2-8,11H,9-10,12H2,1H3. The van der Waals surface area contributed by atoms with Crippen LogP contribution in [0.4, 0.5) is 0 Å². The third-order valence-corrected chi connectivity index (χ3v) is 5.39. The average molecular weight is 395 g/mol. The summed E-state index contributed by atoms with van der Waals surface area (Å²) in [5, 5.41) is 0.739. The first kappa shape index (κ1) is 18.2. The van der Waals surface area contributed by atoms with E-state index < -0.39 is 5.97 Å². The van der Waals surface area contributed by atoms with Crippen molar-refractivity contribution < 1.29 is 23.8 Å². The number of thiazole rings is 1. The normalized spacial score (nSPS) is 12.5. The van der Waals surface area contributed by atoms with E-state index in [1.54, 1.807) is 25.1 Å². The Morgan fingerprint density at radius 1 is 1.07 bits per heavy atom. The Kier molecular flexibility index (Phi) is 5.08. The Bertz CT molecular complexity index is 1030. The summed E-state index contributed by atoms with van der Waals surface area (Å²) in [7, 11) is 0. The molecule has 1 aliphatic heterocycles. The van der Waals surface area contributed by atoms with Crippen LogP contribution in [0.5, 0.6) is 11.5 Å². The third-order valence-electron chi connectivity index (χ3n) is 4.20. The van der Waals surface area contributed by atoms with Crippen LogP contribution in [0.2, 0.25) is 0 Å². The van der Waals surface area contributed by atoms with Gasteiger partial charge in [-0.1, -0.05) is 30.3 Å². The molecule has 0 spiro atoms. The Morgan fingerprint density at radius 3 is 2.61 bits per heavy atom. The van der Waals surface area contributed by atoms with E-state index in [1.807, 2.05) is 30.3 Å². The molecule has 0 amide bonds. The molecule has 0 saturated heterocycles. The molecule has 1 aliphatic rings. The van der Waals surface area contributed by atoms with E-state index in [9.17, 15) is 9.59 Å². The third kappa shape index (κ3) is 3.75. The predicted octanol–water partition coefficient (Wildman–Crippen LogP) is 3.93. The molecule has 7 heteroatoms. The summed E-state index contributed by atoms with van der Waals surface area (Å²) >= 11 is 1.25. The van der Waals surface area contributed by atoms with Crippen LogP contribution < -0.4 is 9.47 Å². The average Bonchev–Trinajstić information content (AvgIpc) is 3.14. The van der Waals surface area contributed by atoms with Gasteiger partial charge in [0.15, 0.2) is 23.9 Å². The molecular weight excluding hydrogens is 378 g/mol. The van der Waals surface area contributed by atoms with Crippen molar-refractivity contribution >= 4 is 23.1 Å². The zero-order valence-corrected chi connectivity index (χ0v) is 16.0. The number of carbonyl (C=O) groups is 2. The molecule has 0 aliphatic carbocycles. The van der Waals surface area contributed by atoms with E-state index >= 15 is 0 Å².